The Kier molecular flexibility index (Phi) is 6.90. The molecule has 1 aromatic heterocycles. The monoisotopic (exact) mass is 472 g/mol. The number of para-hydroxylation sites is 1. The van der Waals surface area contributed by atoms with Crippen LogP contribution in [0.4, 0.5) is 24.5 Å². The van der Waals surface area contributed by atoms with Gasteiger partial charge in [-0.3, -0.25) is 14.7 Å². The average Bonchev–Trinajstić information content (AvgIpc) is 3.14. The van der Waals surface area contributed by atoms with E-state index in [1.54, 1.807) is 24.4 Å². The van der Waals surface area contributed by atoms with Crippen LogP contribution in [0.2, 0.25) is 0 Å². The number of rotatable bonds is 6. The first-order valence-electron chi connectivity index (χ1n) is 10.4. The number of pyridine rings is 1. The first kappa shape index (κ1) is 23.1. The Bertz CT molecular complexity index is 1090. The van der Waals surface area contributed by atoms with E-state index in [1.165, 1.54) is 12.1 Å². The van der Waals surface area contributed by atoms with Crippen molar-refractivity contribution in [2.45, 2.75) is 29.9 Å². The molecule has 2 heterocycles. The molecule has 1 saturated heterocycles. The van der Waals surface area contributed by atoms with E-state index in [-0.39, 0.29) is 28.6 Å². The number of aromatic nitrogens is 1. The van der Waals surface area contributed by atoms with Gasteiger partial charge in [-0.25, -0.2) is 0 Å². The third-order valence-electron chi connectivity index (χ3n) is 5.37. The molecule has 2 aromatic carbocycles. The van der Waals surface area contributed by atoms with Crippen molar-refractivity contribution in [3.05, 3.63) is 84.2 Å². The lowest BCUT2D eigenvalue weighted by Gasteiger charge is -2.21. The van der Waals surface area contributed by atoms with Crippen LogP contribution in [0.3, 0.4) is 0 Å². The lowest BCUT2D eigenvalue weighted by Crippen LogP contribution is -2.28. The molecule has 3 aromatic rings. The molecule has 172 valence electrons. The second kappa shape index (κ2) is 9.84. The number of hydrogen-bond acceptors (Lipinski definition) is 5. The molecule has 0 radical (unpaired) electrons. The van der Waals surface area contributed by atoms with Gasteiger partial charge in [0.25, 0.3) is 5.91 Å². The minimum atomic E-state index is -4.29. The van der Waals surface area contributed by atoms with E-state index in [9.17, 15) is 18.0 Å². The van der Waals surface area contributed by atoms with Crippen molar-refractivity contribution < 1.29 is 18.0 Å². The number of halogens is 3. The maximum absolute atomic E-state index is 12.6. The van der Waals surface area contributed by atoms with Crippen molar-refractivity contribution in [1.29, 1.82) is 0 Å². The number of carbonyl (C=O) groups is 1. The summed E-state index contributed by atoms with van der Waals surface area (Å²) >= 11 is -0.109. The van der Waals surface area contributed by atoms with Gasteiger partial charge in [-0.2, -0.15) is 13.2 Å². The second-order valence-corrected chi connectivity index (χ2v) is 9.01. The highest BCUT2D eigenvalue weighted by molar-refractivity contribution is 8.00. The van der Waals surface area contributed by atoms with Crippen molar-refractivity contribution in [3.8, 4) is 0 Å². The maximum atomic E-state index is 12.6. The molecule has 1 unspecified atom stereocenters. The molecular formula is C24H23F3N4OS. The van der Waals surface area contributed by atoms with Crippen molar-refractivity contribution in [2.24, 2.45) is 0 Å². The summed E-state index contributed by atoms with van der Waals surface area (Å²) in [6.45, 7) is 4.14. The Balaban J connectivity index is 1.38. The number of nitrogens with zero attached hydrogens (tertiary/aromatic N) is 3. The van der Waals surface area contributed by atoms with Crippen LogP contribution in [0.5, 0.6) is 0 Å². The van der Waals surface area contributed by atoms with Crippen LogP contribution in [0.1, 0.15) is 23.0 Å². The van der Waals surface area contributed by atoms with E-state index < -0.39 is 5.51 Å². The summed E-state index contributed by atoms with van der Waals surface area (Å²) in [4.78, 5) is 21.3. The molecule has 0 saturated carbocycles. The number of amides is 1. The first-order chi connectivity index (χ1) is 15.8. The molecule has 4 rings (SSSR count). The van der Waals surface area contributed by atoms with Crippen molar-refractivity contribution in [3.63, 3.8) is 0 Å². The molecule has 33 heavy (non-hydrogen) atoms. The number of hydrogen-bond donors (Lipinski definition) is 1. The van der Waals surface area contributed by atoms with E-state index in [1.807, 2.05) is 36.4 Å². The van der Waals surface area contributed by atoms with Gasteiger partial charge < -0.3 is 10.2 Å². The van der Waals surface area contributed by atoms with Crippen LogP contribution >= 0.6 is 11.8 Å². The molecule has 1 N–H and O–H groups in total. The van der Waals surface area contributed by atoms with Crippen molar-refractivity contribution in [1.82, 2.24) is 9.88 Å². The topological polar surface area (TPSA) is 48.5 Å². The minimum Gasteiger partial charge on any atom is -0.357 e. The summed E-state index contributed by atoms with van der Waals surface area (Å²) in [6.07, 6.45) is 1.63. The molecule has 5 nitrogen and oxygen atoms in total. The SMILES string of the molecule is CC1CN(c2ccc(SC(F)(F)F)cc2)CN1Cc1ccnc(C(=O)Nc2ccccc2)c1. The number of anilines is 2. The van der Waals surface area contributed by atoms with Crippen molar-refractivity contribution in [2.75, 3.05) is 23.4 Å². The van der Waals surface area contributed by atoms with Crippen LogP contribution in [-0.2, 0) is 6.54 Å². The summed E-state index contributed by atoms with van der Waals surface area (Å²) in [6, 6.07) is 19.6. The van der Waals surface area contributed by atoms with Gasteiger partial charge in [-0.1, -0.05) is 18.2 Å². The summed E-state index contributed by atoms with van der Waals surface area (Å²) in [5.41, 5.74) is -1.39. The minimum absolute atomic E-state index is 0.109. The molecular weight excluding hydrogens is 449 g/mol. The molecule has 1 fully saturated rings. The zero-order chi connectivity index (χ0) is 23.4. The fraction of sp³-hybridized carbons (Fsp3) is 0.250. The first-order valence-corrected chi connectivity index (χ1v) is 11.2. The zero-order valence-corrected chi connectivity index (χ0v) is 18.7. The van der Waals surface area contributed by atoms with Crippen LogP contribution in [0.15, 0.2) is 77.8 Å². The van der Waals surface area contributed by atoms with Gasteiger partial charge in [0.1, 0.15) is 5.69 Å². The lowest BCUT2D eigenvalue weighted by atomic mass is 10.2. The number of thioether (sulfide) groups is 1. The lowest BCUT2D eigenvalue weighted by molar-refractivity contribution is -0.0328. The van der Waals surface area contributed by atoms with E-state index in [2.05, 4.69) is 27.0 Å². The molecule has 0 bridgehead atoms. The van der Waals surface area contributed by atoms with Crippen LogP contribution in [0, 0.1) is 0 Å². The summed E-state index contributed by atoms with van der Waals surface area (Å²) in [5.74, 6) is -0.268. The maximum Gasteiger partial charge on any atom is 0.446 e. The highest BCUT2D eigenvalue weighted by atomic mass is 32.2. The van der Waals surface area contributed by atoms with Gasteiger partial charge in [0.2, 0.25) is 0 Å². The van der Waals surface area contributed by atoms with Gasteiger partial charge in [0, 0.05) is 41.6 Å². The second-order valence-electron chi connectivity index (χ2n) is 7.87. The van der Waals surface area contributed by atoms with E-state index in [0.29, 0.717) is 24.6 Å². The van der Waals surface area contributed by atoms with Gasteiger partial charge >= 0.3 is 5.51 Å². The number of benzene rings is 2. The van der Waals surface area contributed by atoms with Crippen LogP contribution in [-0.4, -0.2) is 40.6 Å². The van der Waals surface area contributed by atoms with Gasteiger partial charge in [-0.05, 0) is 72.8 Å². The van der Waals surface area contributed by atoms with Crippen molar-refractivity contribution >= 4 is 29.0 Å². The van der Waals surface area contributed by atoms with Gasteiger partial charge in [0.05, 0.1) is 6.67 Å². The predicted molar refractivity (Wildman–Crippen MR) is 124 cm³/mol. The standard InChI is InChI=1S/C24H23F3N4OS/c1-17-14-31(20-7-9-21(10-8-20)33-24(25,26)27)16-30(17)15-18-11-12-28-22(13-18)23(32)29-19-5-3-2-4-6-19/h2-13,17H,14-16H2,1H3,(H,29,32). The molecule has 9 heteroatoms. The fourth-order valence-corrected chi connectivity index (χ4v) is 4.29. The molecule has 1 atom stereocenters. The number of alkyl halides is 3. The Morgan fingerprint density at radius 1 is 1.12 bits per heavy atom. The largest absolute Gasteiger partial charge is 0.446 e. The highest BCUT2D eigenvalue weighted by Crippen LogP contribution is 2.37. The highest BCUT2D eigenvalue weighted by Gasteiger charge is 2.30. The Morgan fingerprint density at radius 2 is 1.85 bits per heavy atom. The van der Waals surface area contributed by atoms with E-state index >= 15 is 0 Å². The molecule has 1 aliphatic heterocycles. The van der Waals surface area contributed by atoms with Crippen LogP contribution < -0.4 is 10.2 Å². The van der Waals surface area contributed by atoms with Crippen LogP contribution in [0.25, 0.3) is 0 Å². The average molecular weight is 473 g/mol. The molecule has 0 spiro atoms. The molecule has 1 aliphatic rings. The normalized spacial score (nSPS) is 16.7. The smallest absolute Gasteiger partial charge is 0.357 e. The zero-order valence-electron chi connectivity index (χ0n) is 17.9. The third kappa shape index (κ3) is 6.27. The third-order valence-corrected chi connectivity index (χ3v) is 6.11. The Labute approximate surface area is 194 Å². The quantitative estimate of drug-likeness (QED) is 0.473. The van der Waals surface area contributed by atoms with Gasteiger partial charge in [-0.15, -0.1) is 0 Å². The summed E-state index contributed by atoms with van der Waals surface area (Å²) in [5, 5.41) is 2.84. The molecule has 1 amide bonds. The summed E-state index contributed by atoms with van der Waals surface area (Å²) < 4.78 is 37.7. The summed E-state index contributed by atoms with van der Waals surface area (Å²) in [7, 11) is 0. The van der Waals surface area contributed by atoms with Gasteiger partial charge in [0.15, 0.2) is 0 Å². The Hall–Kier alpha value is -3.04. The fourth-order valence-electron chi connectivity index (χ4n) is 3.75. The number of carbonyl (C=O) groups excluding carboxylic acids is 1. The van der Waals surface area contributed by atoms with E-state index in [0.717, 1.165) is 17.8 Å². The number of nitrogens with one attached hydrogen (secondary N) is 1. The Morgan fingerprint density at radius 3 is 2.55 bits per heavy atom. The molecule has 0 aliphatic carbocycles. The predicted octanol–water partition coefficient (Wildman–Crippen LogP) is 5.61. The van der Waals surface area contributed by atoms with E-state index in [4.69, 9.17) is 0 Å².